The van der Waals surface area contributed by atoms with Gasteiger partial charge in [0.1, 0.15) is 12.2 Å². The minimum absolute atomic E-state index is 0.175. The van der Waals surface area contributed by atoms with Gasteiger partial charge in [-0.2, -0.15) is 0 Å². The minimum Gasteiger partial charge on any atom is -0.475 e. The molecule has 1 amide bonds. The van der Waals surface area contributed by atoms with E-state index in [1.165, 1.54) is 0 Å². The zero-order chi connectivity index (χ0) is 16.6. The van der Waals surface area contributed by atoms with Crippen molar-refractivity contribution in [1.82, 2.24) is 4.98 Å². The zero-order valence-electron chi connectivity index (χ0n) is 14.1. The van der Waals surface area contributed by atoms with Gasteiger partial charge in [-0.15, -0.1) is 0 Å². The van der Waals surface area contributed by atoms with Crippen LogP contribution >= 0.6 is 0 Å². The lowest BCUT2D eigenvalue weighted by Gasteiger charge is -2.26. The molecule has 124 valence electrons. The van der Waals surface area contributed by atoms with Crippen molar-refractivity contribution < 1.29 is 19.0 Å². The highest BCUT2D eigenvalue weighted by atomic mass is 16.5. The molecule has 0 aromatic carbocycles. The van der Waals surface area contributed by atoms with Crippen LogP contribution in [0.4, 0.5) is 5.69 Å². The lowest BCUT2D eigenvalue weighted by Crippen LogP contribution is -2.41. The summed E-state index contributed by atoms with van der Waals surface area (Å²) in [5.74, 6) is 0.365. The van der Waals surface area contributed by atoms with Crippen LogP contribution in [0.3, 0.4) is 0 Å². The van der Waals surface area contributed by atoms with Gasteiger partial charge in [0, 0.05) is 19.8 Å². The van der Waals surface area contributed by atoms with Crippen molar-refractivity contribution in [1.29, 1.82) is 0 Å². The molecule has 6 heteroatoms. The van der Waals surface area contributed by atoms with Crippen molar-refractivity contribution >= 4 is 11.6 Å². The first-order chi connectivity index (χ1) is 10.5. The van der Waals surface area contributed by atoms with E-state index in [1.54, 1.807) is 27.3 Å². The van der Waals surface area contributed by atoms with Crippen molar-refractivity contribution in [2.45, 2.75) is 39.2 Å². The van der Waals surface area contributed by atoms with Gasteiger partial charge in [-0.3, -0.25) is 4.79 Å². The number of rotatable bonds is 9. The Morgan fingerprint density at radius 3 is 2.64 bits per heavy atom. The predicted octanol–water partition coefficient (Wildman–Crippen LogP) is 2.56. The molecular formula is C16H26N2O4. The highest BCUT2D eigenvalue weighted by Gasteiger charge is 2.32. The van der Waals surface area contributed by atoms with Gasteiger partial charge in [0.25, 0.3) is 5.91 Å². The molecule has 1 rings (SSSR count). The van der Waals surface area contributed by atoms with Crippen LogP contribution in [0.5, 0.6) is 5.88 Å². The summed E-state index contributed by atoms with van der Waals surface area (Å²) in [5, 5.41) is 2.85. The molecule has 0 radical (unpaired) electrons. The molecule has 0 aliphatic rings. The molecule has 0 aliphatic carbocycles. The first-order valence-corrected chi connectivity index (χ1v) is 7.41. The smallest absolute Gasteiger partial charge is 0.256 e. The lowest BCUT2D eigenvalue weighted by molar-refractivity contribution is -0.136. The Balaban J connectivity index is 2.74. The third kappa shape index (κ3) is 4.96. The first-order valence-electron chi connectivity index (χ1n) is 7.41. The van der Waals surface area contributed by atoms with Gasteiger partial charge in [-0.05, 0) is 26.3 Å². The molecule has 1 unspecified atom stereocenters. The Bertz CT molecular complexity index is 493. The number of carbonyl (C=O) groups excluding carboxylic acids is 1. The maximum Gasteiger partial charge on any atom is 0.256 e. The van der Waals surface area contributed by atoms with Crippen molar-refractivity contribution in [3.8, 4) is 5.88 Å². The molecule has 22 heavy (non-hydrogen) atoms. The van der Waals surface area contributed by atoms with E-state index in [0.717, 1.165) is 12.0 Å². The number of hydrogen-bond donors (Lipinski definition) is 1. The van der Waals surface area contributed by atoms with E-state index in [0.29, 0.717) is 31.2 Å². The van der Waals surface area contributed by atoms with E-state index in [2.05, 4.69) is 10.3 Å². The number of aryl methyl sites for hydroxylation is 1. The van der Waals surface area contributed by atoms with Crippen LogP contribution in [-0.2, 0) is 14.3 Å². The molecule has 6 nitrogen and oxygen atoms in total. The number of nitrogens with zero attached hydrogens (tertiary/aromatic N) is 1. The molecule has 1 atom stereocenters. The average molecular weight is 310 g/mol. The second-order valence-electron chi connectivity index (χ2n) is 5.33. The fourth-order valence-electron chi connectivity index (χ4n) is 2.05. The summed E-state index contributed by atoms with van der Waals surface area (Å²) in [6, 6.07) is 1.83. The molecule has 0 fully saturated rings. The van der Waals surface area contributed by atoms with E-state index >= 15 is 0 Å². The van der Waals surface area contributed by atoms with E-state index in [-0.39, 0.29) is 5.91 Å². The highest BCUT2D eigenvalue weighted by molar-refractivity contribution is 5.97. The van der Waals surface area contributed by atoms with Gasteiger partial charge in [-0.25, -0.2) is 4.98 Å². The second kappa shape index (κ2) is 8.70. The van der Waals surface area contributed by atoms with Gasteiger partial charge in [0.2, 0.25) is 5.88 Å². The third-order valence-corrected chi connectivity index (χ3v) is 3.47. The molecule has 0 saturated heterocycles. The molecule has 1 aromatic heterocycles. The van der Waals surface area contributed by atoms with Gasteiger partial charge in [0.05, 0.1) is 18.5 Å². The fourth-order valence-corrected chi connectivity index (χ4v) is 2.05. The Hall–Kier alpha value is -1.66. The number of amides is 1. The van der Waals surface area contributed by atoms with Crippen LogP contribution < -0.4 is 10.1 Å². The molecule has 1 heterocycles. The Morgan fingerprint density at radius 2 is 2.09 bits per heavy atom. The third-order valence-electron chi connectivity index (χ3n) is 3.47. The van der Waals surface area contributed by atoms with Gasteiger partial charge in [-0.1, -0.05) is 13.3 Å². The zero-order valence-corrected chi connectivity index (χ0v) is 14.1. The van der Waals surface area contributed by atoms with E-state index in [4.69, 9.17) is 14.2 Å². The number of carbonyl (C=O) groups is 1. The quantitative estimate of drug-likeness (QED) is 0.710. The molecule has 0 aliphatic heterocycles. The maximum absolute atomic E-state index is 12.4. The van der Waals surface area contributed by atoms with Crippen molar-refractivity contribution in [2.24, 2.45) is 0 Å². The number of hydrogen-bond acceptors (Lipinski definition) is 5. The summed E-state index contributed by atoms with van der Waals surface area (Å²) in [5.41, 5.74) is 0.639. The Morgan fingerprint density at radius 1 is 1.36 bits per heavy atom. The highest BCUT2D eigenvalue weighted by Crippen LogP contribution is 2.22. The van der Waals surface area contributed by atoms with Crippen LogP contribution in [0, 0.1) is 6.92 Å². The first kappa shape index (κ1) is 18.4. The predicted molar refractivity (Wildman–Crippen MR) is 85.3 cm³/mol. The number of nitrogens with one attached hydrogen (secondary N) is 1. The standard InChI is InChI=1S/C16H26N2O4/c1-6-7-16(3,21-5)15(19)18-13-10-12(2)14(17-11-13)22-9-8-20-4/h10-11H,6-9H2,1-5H3,(H,18,19). The SMILES string of the molecule is CCCC(C)(OC)C(=O)Nc1cnc(OCCOC)c(C)c1. The average Bonchev–Trinajstić information content (AvgIpc) is 2.49. The summed E-state index contributed by atoms with van der Waals surface area (Å²) in [6.45, 7) is 6.63. The summed E-state index contributed by atoms with van der Waals surface area (Å²) in [7, 11) is 3.16. The van der Waals surface area contributed by atoms with Crippen molar-refractivity contribution in [3.63, 3.8) is 0 Å². The molecule has 0 bridgehead atoms. The monoisotopic (exact) mass is 310 g/mol. The number of anilines is 1. The second-order valence-corrected chi connectivity index (χ2v) is 5.33. The number of ether oxygens (including phenoxy) is 3. The van der Waals surface area contributed by atoms with Crippen LogP contribution in [0.25, 0.3) is 0 Å². The van der Waals surface area contributed by atoms with E-state index in [1.807, 2.05) is 19.9 Å². The Labute approximate surface area is 132 Å². The Kier molecular flexibility index (Phi) is 7.27. The molecule has 1 N–H and O–H groups in total. The molecule has 0 saturated carbocycles. The van der Waals surface area contributed by atoms with Crippen LogP contribution in [0.2, 0.25) is 0 Å². The molecule has 1 aromatic rings. The summed E-state index contributed by atoms with van der Waals surface area (Å²) in [6.07, 6.45) is 3.09. The van der Waals surface area contributed by atoms with Crippen LogP contribution in [-0.4, -0.2) is 43.9 Å². The molecule has 0 spiro atoms. The summed E-state index contributed by atoms with van der Waals surface area (Å²) < 4.78 is 15.8. The van der Waals surface area contributed by atoms with E-state index < -0.39 is 5.60 Å². The topological polar surface area (TPSA) is 69.7 Å². The number of aromatic nitrogens is 1. The lowest BCUT2D eigenvalue weighted by atomic mass is 9.99. The van der Waals surface area contributed by atoms with Crippen molar-refractivity contribution in [3.05, 3.63) is 17.8 Å². The minimum atomic E-state index is -0.837. The number of pyridine rings is 1. The summed E-state index contributed by atoms with van der Waals surface area (Å²) in [4.78, 5) is 16.6. The normalized spacial score (nSPS) is 13.5. The number of methoxy groups -OCH3 is 2. The van der Waals surface area contributed by atoms with Gasteiger partial charge < -0.3 is 19.5 Å². The maximum atomic E-state index is 12.4. The van der Waals surface area contributed by atoms with Crippen molar-refractivity contribution in [2.75, 3.05) is 32.8 Å². The van der Waals surface area contributed by atoms with Gasteiger partial charge >= 0.3 is 0 Å². The van der Waals surface area contributed by atoms with E-state index in [9.17, 15) is 4.79 Å². The van der Waals surface area contributed by atoms with Gasteiger partial charge in [0.15, 0.2) is 0 Å². The summed E-state index contributed by atoms with van der Waals surface area (Å²) >= 11 is 0. The molecular weight excluding hydrogens is 284 g/mol. The largest absolute Gasteiger partial charge is 0.475 e. The van der Waals surface area contributed by atoms with Crippen LogP contribution in [0.1, 0.15) is 32.3 Å². The van der Waals surface area contributed by atoms with Crippen LogP contribution in [0.15, 0.2) is 12.3 Å². The fraction of sp³-hybridized carbons (Fsp3) is 0.625.